The zero-order valence-corrected chi connectivity index (χ0v) is 11.6. The number of thiol groups is 1. The van der Waals surface area contributed by atoms with Gasteiger partial charge in [-0.2, -0.15) is 0 Å². The number of carbonyl (C=O) groups is 1. The fraction of sp³-hybridized carbons (Fsp3) is 0.909. The smallest absolute Gasteiger partial charge is 0.258 e. The van der Waals surface area contributed by atoms with Crippen LogP contribution in [0.4, 0.5) is 4.79 Å². The van der Waals surface area contributed by atoms with Gasteiger partial charge >= 0.3 is 0 Å². The molecular weight excluding hydrogens is 226 g/mol. The lowest BCUT2D eigenvalue weighted by Crippen LogP contribution is -2.19. The Labute approximate surface area is 104 Å². The minimum Gasteiger partial charge on any atom is -0.273 e. The molecule has 0 N–H and O–H groups in total. The van der Waals surface area contributed by atoms with Crippen LogP contribution < -0.4 is 0 Å². The highest BCUT2D eigenvalue weighted by Gasteiger charge is 2.08. The van der Waals surface area contributed by atoms with Crippen LogP contribution in [0.15, 0.2) is 0 Å². The Bertz CT molecular complexity index is 155. The first-order valence-corrected chi connectivity index (χ1v) is 7.08. The molecule has 0 spiro atoms. The first kappa shape index (κ1) is 15.3. The average Bonchev–Trinajstić information content (AvgIpc) is 2.17. The predicted molar refractivity (Wildman–Crippen MR) is 72.6 cm³/mol. The Morgan fingerprint density at radius 3 is 1.87 bits per heavy atom. The molecule has 0 aromatic heterocycles. The highest BCUT2D eigenvalue weighted by Crippen LogP contribution is 2.16. The van der Waals surface area contributed by atoms with Crippen LogP contribution >= 0.6 is 24.6 Å². The Balaban J connectivity index is 3.68. The van der Waals surface area contributed by atoms with Gasteiger partial charge in [0.2, 0.25) is 0 Å². The molecule has 0 heterocycles. The summed E-state index contributed by atoms with van der Waals surface area (Å²) in [5, 5.41) is 0. The maximum atomic E-state index is 10.9. The summed E-state index contributed by atoms with van der Waals surface area (Å²) in [6.45, 7) is 6.40. The molecule has 0 aromatic carbocycles. The highest BCUT2D eigenvalue weighted by atomic mass is 32.2. The van der Waals surface area contributed by atoms with Crippen molar-refractivity contribution in [3.8, 4) is 0 Å². The Morgan fingerprint density at radius 1 is 1.07 bits per heavy atom. The second-order valence-electron chi connectivity index (χ2n) is 3.70. The third-order valence-electron chi connectivity index (χ3n) is 2.23. The van der Waals surface area contributed by atoms with Gasteiger partial charge in [-0.15, -0.1) is 0 Å². The molecule has 15 heavy (non-hydrogen) atoms. The van der Waals surface area contributed by atoms with Crippen molar-refractivity contribution < 1.29 is 4.79 Å². The van der Waals surface area contributed by atoms with E-state index in [1.807, 2.05) is 0 Å². The van der Waals surface area contributed by atoms with Gasteiger partial charge < -0.3 is 0 Å². The van der Waals surface area contributed by atoms with E-state index in [1.54, 1.807) is 0 Å². The van der Waals surface area contributed by atoms with E-state index in [0.717, 1.165) is 13.1 Å². The molecule has 0 fully saturated rings. The molecule has 2 nitrogen and oxygen atoms in total. The van der Waals surface area contributed by atoms with Gasteiger partial charge in [0.1, 0.15) is 0 Å². The van der Waals surface area contributed by atoms with Gasteiger partial charge in [0.05, 0.1) is 0 Å². The first-order chi connectivity index (χ1) is 7.20. The van der Waals surface area contributed by atoms with E-state index < -0.39 is 0 Å². The van der Waals surface area contributed by atoms with E-state index in [1.165, 1.54) is 50.5 Å². The molecule has 0 atom stereocenters. The van der Waals surface area contributed by atoms with E-state index in [9.17, 15) is 4.79 Å². The van der Waals surface area contributed by atoms with E-state index in [-0.39, 0.29) is 4.45 Å². The van der Waals surface area contributed by atoms with Gasteiger partial charge in [0, 0.05) is 25.0 Å². The van der Waals surface area contributed by atoms with Gasteiger partial charge in [-0.25, -0.2) is 4.31 Å². The molecule has 0 aliphatic heterocycles. The van der Waals surface area contributed by atoms with Crippen molar-refractivity contribution in [1.29, 1.82) is 0 Å². The van der Waals surface area contributed by atoms with Crippen LogP contribution in [0.3, 0.4) is 0 Å². The number of hydrogen-bond donors (Lipinski definition) is 1. The third-order valence-corrected chi connectivity index (χ3v) is 3.25. The lowest BCUT2D eigenvalue weighted by molar-refractivity contribution is 0.276. The second kappa shape index (κ2) is 10.8. The van der Waals surface area contributed by atoms with Crippen LogP contribution in [0.5, 0.6) is 0 Å². The zero-order valence-electron chi connectivity index (χ0n) is 9.87. The van der Waals surface area contributed by atoms with Crippen LogP contribution in [0, 0.1) is 0 Å². The molecule has 0 rings (SSSR count). The first-order valence-electron chi connectivity index (χ1n) is 5.86. The molecule has 0 saturated carbocycles. The molecule has 0 bridgehead atoms. The summed E-state index contributed by atoms with van der Waals surface area (Å²) in [6, 6.07) is 0. The summed E-state index contributed by atoms with van der Waals surface area (Å²) < 4.78 is 2.06. The lowest BCUT2D eigenvalue weighted by Gasteiger charge is -2.18. The summed E-state index contributed by atoms with van der Waals surface area (Å²) in [7, 11) is 0. The molecule has 90 valence electrons. The topological polar surface area (TPSA) is 20.3 Å². The quantitative estimate of drug-likeness (QED) is 0.372. The van der Waals surface area contributed by atoms with Crippen molar-refractivity contribution in [2.45, 2.75) is 52.4 Å². The highest BCUT2D eigenvalue weighted by molar-refractivity contribution is 8.30. The number of nitrogens with zero attached hydrogens (tertiary/aromatic N) is 1. The van der Waals surface area contributed by atoms with E-state index in [0.29, 0.717) is 0 Å². The van der Waals surface area contributed by atoms with Crippen molar-refractivity contribution in [2.24, 2.45) is 0 Å². The summed E-state index contributed by atoms with van der Waals surface area (Å²) in [5.41, 5.74) is 0. The maximum Gasteiger partial charge on any atom is 0.258 e. The van der Waals surface area contributed by atoms with Gasteiger partial charge in [-0.1, -0.05) is 52.2 Å². The van der Waals surface area contributed by atoms with E-state index >= 15 is 0 Å². The van der Waals surface area contributed by atoms with Crippen molar-refractivity contribution in [3.63, 3.8) is 0 Å². The monoisotopic (exact) mass is 249 g/mol. The largest absolute Gasteiger partial charge is 0.273 e. The van der Waals surface area contributed by atoms with Gasteiger partial charge in [-0.05, 0) is 12.8 Å². The van der Waals surface area contributed by atoms with Crippen LogP contribution in [-0.2, 0) is 0 Å². The Kier molecular flexibility index (Phi) is 11.1. The van der Waals surface area contributed by atoms with Crippen molar-refractivity contribution in [1.82, 2.24) is 4.31 Å². The molecule has 0 aliphatic rings. The van der Waals surface area contributed by atoms with Gasteiger partial charge in [0.15, 0.2) is 0 Å². The molecule has 4 heteroatoms. The normalized spacial score (nSPS) is 10.9. The van der Waals surface area contributed by atoms with Gasteiger partial charge in [-0.3, -0.25) is 4.79 Å². The minimum absolute atomic E-state index is 0.0944. The molecule has 0 aliphatic carbocycles. The third kappa shape index (κ3) is 10.6. The fourth-order valence-corrected chi connectivity index (χ4v) is 2.40. The molecule has 0 radical (unpaired) electrons. The molecule has 0 amide bonds. The summed E-state index contributed by atoms with van der Waals surface area (Å²) in [6.07, 6.45) is 7.29. The standard InChI is InChI=1S/C11H23NOS2/c1-3-5-7-9-12(15-11(13)14)10-8-6-4-2/h3-10H2,1-2H3,(H,13,14). The van der Waals surface area contributed by atoms with Gasteiger partial charge in [0.25, 0.3) is 4.45 Å². The summed E-state index contributed by atoms with van der Waals surface area (Å²) in [5.74, 6) is 0. The number of hydrogen-bond acceptors (Lipinski definition) is 3. The van der Waals surface area contributed by atoms with E-state index in [4.69, 9.17) is 0 Å². The molecule has 0 aromatic rings. The number of rotatable bonds is 9. The number of carbonyl (C=O) groups excluding carboxylic acids is 1. The number of unbranched alkanes of at least 4 members (excludes halogenated alkanes) is 4. The molecule has 0 unspecified atom stereocenters. The van der Waals surface area contributed by atoms with Crippen LogP contribution in [-0.4, -0.2) is 21.8 Å². The lowest BCUT2D eigenvalue weighted by atomic mass is 10.2. The van der Waals surface area contributed by atoms with Crippen LogP contribution in [0.25, 0.3) is 0 Å². The van der Waals surface area contributed by atoms with Crippen LogP contribution in [0.1, 0.15) is 52.4 Å². The fourth-order valence-electron chi connectivity index (χ4n) is 1.39. The van der Waals surface area contributed by atoms with Crippen molar-refractivity contribution >= 4 is 29.0 Å². The van der Waals surface area contributed by atoms with E-state index in [2.05, 4.69) is 30.8 Å². The molecular formula is C11H23NOS2. The SMILES string of the molecule is CCCCCN(CCCCC)SC(=O)S. The predicted octanol–water partition coefficient (Wildman–Crippen LogP) is 4.37. The van der Waals surface area contributed by atoms with Crippen molar-refractivity contribution in [2.75, 3.05) is 13.1 Å². The maximum absolute atomic E-state index is 10.9. The molecule has 0 saturated heterocycles. The summed E-state index contributed by atoms with van der Waals surface area (Å²) >= 11 is 5.07. The average molecular weight is 249 g/mol. The Hall–Kier alpha value is 0.330. The second-order valence-corrected chi connectivity index (χ2v) is 5.48. The van der Waals surface area contributed by atoms with Crippen molar-refractivity contribution in [3.05, 3.63) is 0 Å². The zero-order chi connectivity index (χ0) is 11.5. The Morgan fingerprint density at radius 2 is 1.53 bits per heavy atom. The van der Waals surface area contributed by atoms with Crippen LogP contribution in [0.2, 0.25) is 0 Å². The summed E-state index contributed by atoms with van der Waals surface area (Å²) in [4.78, 5) is 10.9. The minimum atomic E-state index is -0.0944.